The topological polar surface area (TPSA) is 42.1 Å². The van der Waals surface area contributed by atoms with Crippen molar-refractivity contribution in [1.29, 1.82) is 0 Å². The Morgan fingerprint density at radius 1 is 1.21 bits per heavy atom. The highest BCUT2D eigenvalue weighted by molar-refractivity contribution is 5.76. The average Bonchev–Trinajstić information content (AvgIpc) is 3.37. The second-order valence-electron chi connectivity index (χ2n) is 10.1. The van der Waals surface area contributed by atoms with Gasteiger partial charge in [0.2, 0.25) is 0 Å². The van der Waals surface area contributed by atoms with Crippen molar-refractivity contribution in [3.05, 3.63) is 47.8 Å². The van der Waals surface area contributed by atoms with Crippen LogP contribution >= 0.6 is 0 Å². The standard InChI is InChI=1S/C26H29F4NO2/c1-15-23-20(24(32)33-15)14-16-5-2-3-8-21(16)25(23,27)12-11-19-9-10-22(31-19)17-6-4-7-18(13-17)26(28,29)30/h4,6-7,9-12,15-16,18,20-21,23,31H,2-3,5,8,13-14H2,1H3/b12-11+/t15-,16+,18?,20-,21?,23-,25-/m1/s1. The molecule has 7 atom stereocenters. The zero-order chi connectivity index (χ0) is 23.4. The summed E-state index contributed by atoms with van der Waals surface area (Å²) in [5.74, 6) is -2.68. The molecule has 0 spiro atoms. The number of aromatic nitrogens is 1. The van der Waals surface area contributed by atoms with Gasteiger partial charge in [0.15, 0.2) is 0 Å². The van der Waals surface area contributed by atoms with Gasteiger partial charge in [0.25, 0.3) is 0 Å². The van der Waals surface area contributed by atoms with E-state index in [4.69, 9.17) is 4.74 Å². The molecule has 0 bridgehead atoms. The minimum absolute atomic E-state index is 0.124. The van der Waals surface area contributed by atoms with Crippen molar-refractivity contribution in [1.82, 2.24) is 4.98 Å². The second kappa shape index (κ2) is 8.17. The van der Waals surface area contributed by atoms with Crippen molar-refractivity contribution in [2.24, 2.45) is 29.6 Å². The molecular weight excluding hydrogens is 434 g/mol. The fourth-order valence-electron chi connectivity index (χ4n) is 6.63. The van der Waals surface area contributed by atoms with Gasteiger partial charge in [-0.25, -0.2) is 4.39 Å². The van der Waals surface area contributed by atoms with Crippen LogP contribution in [0.3, 0.4) is 0 Å². The van der Waals surface area contributed by atoms with E-state index in [1.807, 2.05) is 0 Å². The van der Waals surface area contributed by atoms with Crippen LogP contribution in [0.4, 0.5) is 17.6 Å². The lowest BCUT2D eigenvalue weighted by molar-refractivity contribution is -0.159. The van der Waals surface area contributed by atoms with E-state index in [1.54, 1.807) is 37.3 Å². The smallest absolute Gasteiger partial charge is 0.395 e. The fourth-order valence-corrected chi connectivity index (χ4v) is 6.63. The maximum atomic E-state index is 16.8. The van der Waals surface area contributed by atoms with Crippen LogP contribution in [0.2, 0.25) is 0 Å². The Hall–Kier alpha value is -2.31. The summed E-state index contributed by atoms with van der Waals surface area (Å²) in [5, 5.41) is 0. The number of rotatable bonds is 3. The Bertz CT molecular complexity index is 1010. The molecule has 3 aliphatic carbocycles. The van der Waals surface area contributed by atoms with Crippen LogP contribution in [0.15, 0.2) is 36.4 Å². The number of alkyl halides is 4. The fraction of sp³-hybridized carbons (Fsp3) is 0.577. The van der Waals surface area contributed by atoms with Gasteiger partial charge in [0.1, 0.15) is 11.8 Å². The summed E-state index contributed by atoms with van der Waals surface area (Å²) in [5.41, 5.74) is 0.154. The highest BCUT2D eigenvalue weighted by atomic mass is 19.4. The predicted molar refractivity (Wildman–Crippen MR) is 118 cm³/mol. The number of esters is 1. The quantitative estimate of drug-likeness (QED) is 0.403. The molecule has 1 saturated heterocycles. The Kier molecular flexibility index (Phi) is 5.57. The number of hydrogen-bond donors (Lipinski definition) is 1. The molecule has 2 heterocycles. The third-order valence-corrected chi connectivity index (χ3v) is 8.16. The number of hydrogen-bond acceptors (Lipinski definition) is 2. The normalized spacial score (nSPS) is 38.7. The predicted octanol–water partition coefficient (Wildman–Crippen LogP) is 6.65. The highest BCUT2D eigenvalue weighted by Gasteiger charge is 2.62. The van der Waals surface area contributed by atoms with Gasteiger partial charge >= 0.3 is 12.1 Å². The van der Waals surface area contributed by atoms with Crippen LogP contribution < -0.4 is 0 Å². The summed E-state index contributed by atoms with van der Waals surface area (Å²) in [6, 6.07) is 3.50. The van der Waals surface area contributed by atoms with Gasteiger partial charge in [0.05, 0.1) is 11.8 Å². The van der Waals surface area contributed by atoms with Crippen LogP contribution in [0, 0.1) is 29.6 Å². The molecule has 4 aliphatic rings. The lowest BCUT2D eigenvalue weighted by Gasteiger charge is -2.49. The van der Waals surface area contributed by atoms with Gasteiger partial charge in [-0.05, 0) is 67.9 Å². The van der Waals surface area contributed by atoms with E-state index in [-0.39, 0.29) is 24.2 Å². The first-order chi connectivity index (χ1) is 15.7. The number of carbonyl (C=O) groups excluding carboxylic acids is 1. The molecule has 2 saturated carbocycles. The maximum Gasteiger partial charge on any atom is 0.395 e. The summed E-state index contributed by atoms with van der Waals surface area (Å²) in [4.78, 5) is 15.6. The zero-order valence-corrected chi connectivity index (χ0v) is 18.6. The first-order valence-corrected chi connectivity index (χ1v) is 11.9. The van der Waals surface area contributed by atoms with Gasteiger partial charge in [-0.2, -0.15) is 13.2 Å². The van der Waals surface area contributed by atoms with E-state index in [1.165, 1.54) is 12.2 Å². The largest absolute Gasteiger partial charge is 0.462 e. The molecule has 1 aromatic heterocycles. The van der Waals surface area contributed by atoms with Gasteiger partial charge in [-0.3, -0.25) is 4.79 Å². The zero-order valence-electron chi connectivity index (χ0n) is 18.6. The van der Waals surface area contributed by atoms with Crippen molar-refractivity contribution in [2.45, 2.75) is 63.4 Å². The summed E-state index contributed by atoms with van der Waals surface area (Å²) < 4.78 is 61.7. The number of halogens is 4. The summed E-state index contributed by atoms with van der Waals surface area (Å²) >= 11 is 0. The molecule has 178 valence electrons. The SMILES string of the molecule is C[C@H]1OC(=O)[C@@H]2C[C@@H]3CCCCC3[C@](F)(/C=C/c3ccc(C4=CC=CC(C(F)(F)F)C4)[nH]3)[C@H]12. The lowest BCUT2D eigenvalue weighted by Crippen LogP contribution is -2.53. The van der Waals surface area contributed by atoms with E-state index >= 15 is 4.39 Å². The van der Waals surface area contributed by atoms with Gasteiger partial charge in [0, 0.05) is 17.3 Å². The van der Waals surface area contributed by atoms with E-state index < -0.39 is 35.7 Å². The van der Waals surface area contributed by atoms with Crippen LogP contribution in [-0.4, -0.2) is 28.9 Å². The molecule has 33 heavy (non-hydrogen) atoms. The van der Waals surface area contributed by atoms with E-state index in [2.05, 4.69) is 4.98 Å². The molecule has 0 radical (unpaired) electrons. The molecule has 1 N–H and O–H groups in total. The molecule has 7 heteroatoms. The first-order valence-electron chi connectivity index (χ1n) is 11.9. The van der Waals surface area contributed by atoms with Crippen LogP contribution in [0.1, 0.15) is 56.8 Å². The summed E-state index contributed by atoms with van der Waals surface area (Å²) in [6.07, 6.45) is 7.17. The number of ether oxygens (including phenoxy) is 1. The van der Waals surface area contributed by atoms with Crippen molar-refractivity contribution in [3.63, 3.8) is 0 Å². The van der Waals surface area contributed by atoms with Gasteiger partial charge in [-0.15, -0.1) is 0 Å². The van der Waals surface area contributed by atoms with Crippen molar-refractivity contribution < 1.29 is 27.1 Å². The van der Waals surface area contributed by atoms with E-state index in [0.717, 1.165) is 25.7 Å². The number of aromatic amines is 1. The average molecular weight is 464 g/mol. The van der Waals surface area contributed by atoms with Crippen molar-refractivity contribution in [3.8, 4) is 0 Å². The molecule has 1 aliphatic heterocycles. The lowest BCUT2D eigenvalue weighted by atomic mass is 9.56. The number of cyclic esters (lactones) is 1. The van der Waals surface area contributed by atoms with Crippen molar-refractivity contribution >= 4 is 17.6 Å². The van der Waals surface area contributed by atoms with Gasteiger partial charge < -0.3 is 9.72 Å². The maximum absolute atomic E-state index is 16.8. The number of fused-ring (bicyclic) bond motifs is 2. The molecule has 3 fully saturated rings. The Labute approximate surface area is 191 Å². The van der Waals surface area contributed by atoms with Crippen LogP contribution in [-0.2, 0) is 9.53 Å². The summed E-state index contributed by atoms with van der Waals surface area (Å²) in [7, 11) is 0. The highest BCUT2D eigenvalue weighted by Crippen LogP contribution is 2.57. The molecule has 5 rings (SSSR count). The van der Waals surface area contributed by atoms with Crippen LogP contribution in [0.5, 0.6) is 0 Å². The minimum Gasteiger partial charge on any atom is -0.462 e. The molecule has 3 nitrogen and oxygen atoms in total. The minimum atomic E-state index is -4.28. The number of allylic oxidation sites excluding steroid dienone is 5. The molecule has 1 aromatic rings. The number of H-pyrrole nitrogens is 1. The Morgan fingerprint density at radius 2 is 2.00 bits per heavy atom. The Morgan fingerprint density at radius 3 is 2.79 bits per heavy atom. The van der Waals surface area contributed by atoms with Crippen molar-refractivity contribution in [2.75, 3.05) is 0 Å². The Balaban J connectivity index is 1.40. The number of nitrogens with one attached hydrogen (secondary N) is 1. The molecule has 0 amide bonds. The van der Waals surface area contributed by atoms with E-state index in [0.29, 0.717) is 23.4 Å². The number of carbonyl (C=O) groups is 1. The summed E-state index contributed by atoms with van der Waals surface area (Å²) in [6.45, 7) is 1.78. The van der Waals surface area contributed by atoms with Crippen LogP contribution in [0.25, 0.3) is 11.6 Å². The monoisotopic (exact) mass is 463 g/mol. The molecule has 0 aromatic carbocycles. The first kappa shape index (κ1) is 22.5. The third kappa shape index (κ3) is 3.97. The van der Waals surface area contributed by atoms with E-state index in [9.17, 15) is 18.0 Å². The molecular formula is C26H29F4NO2. The molecule has 2 unspecified atom stereocenters. The van der Waals surface area contributed by atoms with Gasteiger partial charge in [-0.1, -0.05) is 37.5 Å². The second-order valence-corrected chi connectivity index (χ2v) is 10.1. The third-order valence-electron chi connectivity index (χ3n) is 8.16.